The lowest BCUT2D eigenvalue weighted by Crippen LogP contribution is -2.46. The summed E-state index contributed by atoms with van der Waals surface area (Å²) in [5, 5.41) is 3.71. The van der Waals surface area contributed by atoms with Gasteiger partial charge in [0.25, 0.3) is 5.91 Å². The van der Waals surface area contributed by atoms with Gasteiger partial charge in [-0.2, -0.15) is 13.8 Å². The van der Waals surface area contributed by atoms with Crippen LogP contribution in [0.2, 0.25) is 0 Å². The topological polar surface area (TPSA) is 72.1 Å². The third kappa shape index (κ3) is 3.06. The standard InChI is InChI=1S/C15H16F2N4O2/c1-10-19-13(23-20-10)11-5-4-8-21(9-11)14(22)15(16,17)12-6-2-3-7-18-12/h2-3,6-7,11H,4-5,8-9H2,1H3. The van der Waals surface area contributed by atoms with Gasteiger partial charge in [0.2, 0.25) is 5.89 Å². The molecule has 1 aliphatic rings. The number of carbonyl (C=O) groups is 1. The maximum absolute atomic E-state index is 14.4. The van der Waals surface area contributed by atoms with Crippen LogP contribution in [0.5, 0.6) is 0 Å². The van der Waals surface area contributed by atoms with Crippen LogP contribution in [0.1, 0.15) is 36.2 Å². The molecule has 1 amide bonds. The van der Waals surface area contributed by atoms with Gasteiger partial charge in [-0.15, -0.1) is 0 Å². The van der Waals surface area contributed by atoms with E-state index in [0.717, 1.165) is 17.4 Å². The minimum Gasteiger partial charge on any atom is -0.339 e. The Morgan fingerprint density at radius 1 is 1.43 bits per heavy atom. The second-order valence-electron chi connectivity index (χ2n) is 5.56. The van der Waals surface area contributed by atoms with Crippen LogP contribution in [-0.4, -0.2) is 39.0 Å². The number of likely N-dealkylation sites (tertiary alicyclic amines) is 1. The molecular weight excluding hydrogens is 306 g/mol. The van der Waals surface area contributed by atoms with Gasteiger partial charge in [0.1, 0.15) is 5.69 Å². The molecule has 0 N–H and O–H groups in total. The molecule has 0 aliphatic carbocycles. The van der Waals surface area contributed by atoms with Crippen LogP contribution in [0.25, 0.3) is 0 Å². The molecule has 1 aliphatic heterocycles. The molecule has 1 atom stereocenters. The van der Waals surface area contributed by atoms with Crippen molar-refractivity contribution in [2.24, 2.45) is 0 Å². The van der Waals surface area contributed by atoms with Gasteiger partial charge in [-0.05, 0) is 31.9 Å². The van der Waals surface area contributed by atoms with E-state index < -0.39 is 17.5 Å². The van der Waals surface area contributed by atoms with E-state index in [1.54, 1.807) is 6.92 Å². The first-order chi connectivity index (χ1) is 11.0. The molecule has 23 heavy (non-hydrogen) atoms. The molecule has 0 bridgehead atoms. The number of halogens is 2. The van der Waals surface area contributed by atoms with E-state index in [2.05, 4.69) is 15.1 Å². The Morgan fingerprint density at radius 2 is 2.26 bits per heavy atom. The average Bonchev–Trinajstić information content (AvgIpc) is 3.01. The minimum atomic E-state index is -3.64. The number of aryl methyl sites for hydroxylation is 1. The van der Waals surface area contributed by atoms with Crippen LogP contribution in [0.15, 0.2) is 28.9 Å². The first-order valence-corrected chi connectivity index (χ1v) is 7.37. The van der Waals surface area contributed by atoms with Gasteiger partial charge in [0.15, 0.2) is 5.82 Å². The number of piperidine rings is 1. The number of amides is 1. The van der Waals surface area contributed by atoms with Crippen molar-refractivity contribution in [2.45, 2.75) is 31.6 Å². The lowest BCUT2D eigenvalue weighted by molar-refractivity contribution is -0.161. The van der Waals surface area contributed by atoms with Gasteiger partial charge in [0.05, 0.1) is 5.92 Å². The van der Waals surface area contributed by atoms with Crippen LogP contribution in [-0.2, 0) is 10.7 Å². The largest absolute Gasteiger partial charge is 0.366 e. The monoisotopic (exact) mass is 322 g/mol. The van der Waals surface area contributed by atoms with Gasteiger partial charge in [-0.3, -0.25) is 9.78 Å². The Bertz CT molecular complexity index is 690. The van der Waals surface area contributed by atoms with E-state index in [-0.39, 0.29) is 19.0 Å². The highest BCUT2D eigenvalue weighted by molar-refractivity contribution is 5.84. The summed E-state index contributed by atoms with van der Waals surface area (Å²) in [5.74, 6) is -4.22. The number of hydrogen-bond donors (Lipinski definition) is 0. The molecule has 6 nitrogen and oxygen atoms in total. The maximum atomic E-state index is 14.4. The number of nitrogens with zero attached hydrogens (tertiary/aromatic N) is 4. The fourth-order valence-electron chi connectivity index (χ4n) is 2.70. The predicted molar refractivity (Wildman–Crippen MR) is 75.7 cm³/mol. The second kappa shape index (κ2) is 6.02. The van der Waals surface area contributed by atoms with Crippen molar-refractivity contribution >= 4 is 5.91 Å². The Kier molecular flexibility index (Phi) is 4.06. The highest BCUT2D eigenvalue weighted by Crippen LogP contribution is 2.32. The lowest BCUT2D eigenvalue weighted by Gasteiger charge is -2.33. The Labute approximate surface area is 131 Å². The summed E-state index contributed by atoms with van der Waals surface area (Å²) < 4.78 is 33.8. The van der Waals surface area contributed by atoms with Crippen molar-refractivity contribution in [2.75, 3.05) is 13.1 Å². The third-order valence-electron chi connectivity index (χ3n) is 3.86. The zero-order valence-electron chi connectivity index (χ0n) is 12.6. The Hall–Kier alpha value is -2.38. The minimum absolute atomic E-state index is 0.142. The number of hydrogen-bond acceptors (Lipinski definition) is 5. The van der Waals surface area contributed by atoms with E-state index >= 15 is 0 Å². The van der Waals surface area contributed by atoms with Gasteiger partial charge in [-0.1, -0.05) is 11.2 Å². The number of rotatable bonds is 3. The number of aromatic nitrogens is 3. The third-order valence-corrected chi connectivity index (χ3v) is 3.86. The first kappa shape index (κ1) is 15.5. The fraction of sp³-hybridized carbons (Fsp3) is 0.467. The van der Waals surface area contributed by atoms with Gasteiger partial charge in [-0.25, -0.2) is 0 Å². The molecule has 1 unspecified atom stereocenters. The molecular formula is C15H16F2N4O2. The van der Waals surface area contributed by atoms with Crippen molar-refractivity contribution in [1.29, 1.82) is 0 Å². The highest BCUT2D eigenvalue weighted by atomic mass is 19.3. The van der Waals surface area contributed by atoms with Crippen molar-refractivity contribution in [3.8, 4) is 0 Å². The van der Waals surface area contributed by atoms with Crippen LogP contribution in [0, 0.1) is 6.92 Å². The molecule has 0 saturated carbocycles. The van der Waals surface area contributed by atoms with E-state index in [1.165, 1.54) is 18.3 Å². The predicted octanol–water partition coefficient (Wildman–Crippen LogP) is 2.27. The van der Waals surface area contributed by atoms with Crippen molar-refractivity contribution in [3.05, 3.63) is 41.8 Å². The summed E-state index contributed by atoms with van der Waals surface area (Å²) >= 11 is 0. The van der Waals surface area contributed by atoms with Crippen molar-refractivity contribution in [3.63, 3.8) is 0 Å². The van der Waals surface area contributed by atoms with Crippen LogP contribution in [0.3, 0.4) is 0 Å². The molecule has 1 fully saturated rings. The summed E-state index contributed by atoms with van der Waals surface area (Å²) in [4.78, 5) is 21.2. The number of pyridine rings is 1. The van der Waals surface area contributed by atoms with Gasteiger partial charge < -0.3 is 9.42 Å². The SMILES string of the molecule is Cc1noc(C2CCCN(C(=O)C(F)(F)c3ccccn3)C2)n1. The molecule has 2 aromatic rings. The normalized spacial score (nSPS) is 18.9. The van der Waals surface area contributed by atoms with Gasteiger partial charge in [0, 0.05) is 19.3 Å². The summed E-state index contributed by atoms with van der Waals surface area (Å²) in [5.41, 5.74) is -0.541. The molecule has 0 radical (unpaired) electrons. The van der Waals surface area contributed by atoms with E-state index in [4.69, 9.17) is 4.52 Å². The summed E-state index contributed by atoms with van der Waals surface area (Å²) in [6, 6.07) is 4.11. The molecule has 0 aromatic carbocycles. The molecule has 3 rings (SSSR count). The number of alkyl halides is 2. The number of carbonyl (C=O) groups excluding carboxylic acids is 1. The smallest absolute Gasteiger partial charge is 0.339 e. The van der Waals surface area contributed by atoms with E-state index in [0.29, 0.717) is 18.1 Å². The quantitative estimate of drug-likeness (QED) is 0.867. The average molecular weight is 322 g/mol. The molecule has 8 heteroatoms. The second-order valence-corrected chi connectivity index (χ2v) is 5.56. The van der Waals surface area contributed by atoms with E-state index in [9.17, 15) is 13.6 Å². The summed E-state index contributed by atoms with van der Waals surface area (Å²) in [7, 11) is 0. The molecule has 1 saturated heterocycles. The summed E-state index contributed by atoms with van der Waals surface area (Å²) in [6.45, 7) is 2.11. The van der Waals surface area contributed by atoms with Crippen molar-refractivity contribution < 1.29 is 18.1 Å². The summed E-state index contributed by atoms with van der Waals surface area (Å²) in [6.07, 6.45) is 2.58. The van der Waals surface area contributed by atoms with Crippen LogP contribution >= 0.6 is 0 Å². The highest BCUT2D eigenvalue weighted by Gasteiger charge is 2.46. The Balaban J connectivity index is 1.77. The Morgan fingerprint density at radius 3 is 2.91 bits per heavy atom. The molecule has 2 aromatic heterocycles. The maximum Gasteiger partial charge on any atom is 0.366 e. The van der Waals surface area contributed by atoms with Gasteiger partial charge >= 0.3 is 5.92 Å². The molecule has 0 spiro atoms. The van der Waals surface area contributed by atoms with Crippen molar-refractivity contribution in [1.82, 2.24) is 20.0 Å². The van der Waals surface area contributed by atoms with Crippen LogP contribution < -0.4 is 0 Å². The van der Waals surface area contributed by atoms with E-state index in [1.807, 2.05) is 0 Å². The molecule has 122 valence electrons. The zero-order valence-corrected chi connectivity index (χ0v) is 12.6. The van der Waals surface area contributed by atoms with Crippen LogP contribution in [0.4, 0.5) is 8.78 Å². The zero-order chi connectivity index (χ0) is 16.4. The first-order valence-electron chi connectivity index (χ1n) is 7.37. The molecule has 3 heterocycles. The fourth-order valence-corrected chi connectivity index (χ4v) is 2.70. The lowest BCUT2D eigenvalue weighted by atomic mass is 9.97.